The molecule has 0 saturated heterocycles. The number of fused-ring (bicyclic) bond motifs is 1. The molecule has 3 N–H and O–H groups in total. The molecule has 0 amide bonds. The van der Waals surface area contributed by atoms with Crippen LogP contribution in [0.3, 0.4) is 0 Å². The first kappa shape index (κ1) is 12.2. The second-order valence-corrected chi connectivity index (χ2v) is 6.42. The Morgan fingerprint density at radius 2 is 1.89 bits per heavy atom. The topological polar surface area (TPSA) is 90.7 Å². The Morgan fingerprint density at radius 3 is 2.53 bits per heavy atom. The van der Waals surface area contributed by atoms with E-state index < -0.39 is 9.84 Å². The van der Waals surface area contributed by atoms with E-state index in [-0.39, 0.29) is 11.8 Å². The molecular formula is C12H14N2O4S. The Kier molecular flexibility index (Phi) is 2.78. The van der Waals surface area contributed by atoms with Gasteiger partial charge in [-0.2, -0.15) is 0 Å². The van der Waals surface area contributed by atoms with E-state index in [0.717, 1.165) is 0 Å². The number of benzene rings is 1. The van der Waals surface area contributed by atoms with Crippen molar-refractivity contribution in [2.45, 2.75) is 6.04 Å². The summed E-state index contributed by atoms with van der Waals surface area (Å²) in [4.78, 5) is 0. The van der Waals surface area contributed by atoms with E-state index in [9.17, 15) is 8.42 Å². The second kappa shape index (κ2) is 4.34. The first-order valence-electron chi connectivity index (χ1n) is 5.90. The largest absolute Gasteiger partial charge is 0.486 e. The predicted molar refractivity (Wildman–Crippen MR) is 72.2 cm³/mol. The summed E-state index contributed by atoms with van der Waals surface area (Å²) in [6, 6.07) is 3.15. The molecule has 0 spiro atoms. The van der Waals surface area contributed by atoms with Crippen LogP contribution in [0, 0.1) is 0 Å². The third-order valence-electron chi connectivity index (χ3n) is 2.99. The van der Waals surface area contributed by atoms with Crippen molar-refractivity contribution in [2.75, 3.05) is 30.0 Å². The monoisotopic (exact) mass is 282 g/mol. The molecule has 0 aliphatic carbocycles. The predicted octanol–water partition coefficient (Wildman–Crippen LogP) is 0.763. The number of anilines is 2. The Balaban J connectivity index is 1.84. The van der Waals surface area contributed by atoms with E-state index in [1.54, 1.807) is 18.2 Å². The van der Waals surface area contributed by atoms with E-state index in [4.69, 9.17) is 15.2 Å². The average Bonchev–Trinajstić information content (AvgIpc) is 2.70. The molecule has 3 rings (SSSR count). The lowest BCUT2D eigenvalue weighted by molar-refractivity contribution is 0.172. The smallest absolute Gasteiger partial charge is 0.173 e. The van der Waals surface area contributed by atoms with E-state index >= 15 is 0 Å². The van der Waals surface area contributed by atoms with E-state index in [1.165, 1.54) is 5.41 Å². The molecule has 6 nitrogen and oxygen atoms in total. The van der Waals surface area contributed by atoms with Crippen LogP contribution in [0.2, 0.25) is 0 Å². The maximum absolute atomic E-state index is 11.3. The van der Waals surface area contributed by atoms with Crippen molar-refractivity contribution >= 4 is 21.2 Å². The molecule has 2 heterocycles. The summed E-state index contributed by atoms with van der Waals surface area (Å²) in [5.74, 6) is 1.28. The van der Waals surface area contributed by atoms with Gasteiger partial charge < -0.3 is 20.5 Å². The summed E-state index contributed by atoms with van der Waals surface area (Å²) < 4.78 is 33.6. The summed E-state index contributed by atoms with van der Waals surface area (Å²) >= 11 is 0. The van der Waals surface area contributed by atoms with Crippen molar-refractivity contribution in [1.82, 2.24) is 0 Å². The summed E-state index contributed by atoms with van der Waals surface area (Å²) in [5.41, 5.74) is 7.07. The minimum atomic E-state index is -3.09. The van der Waals surface area contributed by atoms with Crippen molar-refractivity contribution in [3.63, 3.8) is 0 Å². The molecular weight excluding hydrogens is 268 g/mol. The molecule has 102 valence electrons. The van der Waals surface area contributed by atoms with Gasteiger partial charge in [0.2, 0.25) is 0 Å². The maximum atomic E-state index is 11.3. The minimum absolute atomic E-state index is 0.0425. The van der Waals surface area contributed by atoms with Gasteiger partial charge in [-0.05, 0) is 0 Å². The standard InChI is InChI=1S/C12H14N2O4S/c13-9-5-11-12(18-3-2-17-11)6-10(9)14-8-1-4-19(15,16)7-8/h1,4-6,8,14H,2-3,7,13H2. The first-order chi connectivity index (χ1) is 9.03. The van der Waals surface area contributed by atoms with Crippen LogP contribution in [0.15, 0.2) is 23.6 Å². The molecule has 1 aromatic carbocycles. The normalized spacial score (nSPS) is 23.3. The van der Waals surface area contributed by atoms with Gasteiger partial charge in [0.25, 0.3) is 0 Å². The van der Waals surface area contributed by atoms with Crippen LogP contribution in [0.4, 0.5) is 11.4 Å². The zero-order valence-corrected chi connectivity index (χ0v) is 10.9. The van der Waals surface area contributed by atoms with Gasteiger partial charge in [0, 0.05) is 17.5 Å². The SMILES string of the molecule is Nc1cc2c(cc1NC1C=CS(=O)(=O)C1)OCCO2. The fraction of sp³-hybridized carbons (Fsp3) is 0.333. The van der Waals surface area contributed by atoms with Gasteiger partial charge in [0.15, 0.2) is 21.3 Å². The van der Waals surface area contributed by atoms with Crippen LogP contribution in [-0.2, 0) is 9.84 Å². The molecule has 19 heavy (non-hydrogen) atoms. The van der Waals surface area contributed by atoms with Gasteiger partial charge >= 0.3 is 0 Å². The zero-order valence-electron chi connectivity index (χ0n) is 10.1. The molecule has 0 bridgehead atoms. The molecule has 1 unspecified atom stereocenters. The van der Waals surface area contributed by atoms with Crippen LogP contribution < -0.4 is 20.5 Å². The van der Waals surface area contributed by atoms with Gasteiger partial charge in [-0.25, -0.2) is 8.42 Å². The third-order valence-corrected chi connectivity index (χ3v) is 4.38. The highest BCUT2D eigenvalue weighted by atomic mass is 32.2. The van der Waals surface area contributed by atoms with Crippen LogP contribution in [0.1, 0.15) is 0 Å². The first-order valence-corrected chi connectivity index (χ1v) is 7.62. The minimum Gasteiger partial charge on any atom is -0.486 e. The Labute approximate surface area is 111 Å². The van der Waals surface area contributed by atoms with Crippen LogP contribution in [0.25, 0.3) is 0 Å². The molecule has 0 fully saturated rings. The van der Waals surface area contributed by atoms with Crippen molar-refractivity contribution in [1.29, 1.82) is 0 Å². The summed E-state index contributed by atoms with van der Waals surface area (Å²) in [6.45, 7) is 0.997. The fourth-order valence-electron chi connectivity index (χ4n) is 2.09. The molecule has 2 aliphatic heterocycles. The average molecular weight is 282 g/mol. The molecule has 7 heteroatoms. The number of ether oxygens (including phenoxy) is 2. The number of nitrogen functional groups attached to an aromatic ring is 1. The molecule has 0 radical (unpaired) electrons. The molecule has 0 aromatic heterocycles. The van der Waals surface area contributed by atoms with Gasteiger partial charge in [0.05, 0.1) is 23.2 Å². The van der Waals surface area contributed by atoms with Gasteiger partial charge in [-0.15, -0.1) is 0 Å². The lowest BCUT2D eigenvalue weighted by atomic mass is 10.2. The van der Waals surface area contributed by atoms with Gasteiger partial charge in [-0.1, -0.05) is 6.08 Å². The summed E-state index contributed by atoms with van der Waals surface area (Å²) in [7, 11) is -3.09. The van der Waals surface area contributed by atoms with Crippen LogP contribution in [0.5, 0.6) is 11.5 Å². The van der Waals surface area contributed by atoms with Crippen molar-refractivity contribution in [3.8, 4) is 11.5 Å². The van der Waals surface area contributed by atoms with Crippen molar-refractivity contribution in [3.05, 3.63) is 23.6 Å². The van der Waals surface area contributed by atoms with Gasteiger partial charge in [0.1, 0.15) is 13.2 Å². The quantitative estimate of drug-likeness (QED) is 0.778. The number of nitrogens with one attached hydrogen (secondary N) is 1. The van der Waals surface area contributed by atoms with Crippen molar-refractivity contribution < 1.29 is 17.9 Å². The number of sulfone groups is 1. The highest BCUT2D eigenvalue weighted by molar-refractivity contribution is 7.94. The lowest BCUT2D eigenvalue weighted by Crippen LogP contribution is -2.22. The Bertz CT molecular complexity index is 639. The number of rotatable bonds is 2. The zero-order chi connectivity index (χ0) is 13.5. The number of hydrogen-bond donors (Lipinski definition) is 2. The highest BCUT2D eigenvalue weighted by Crippen LogP contribution is 2.37. The highest BCUT2D eigenvalue weighted by Gasteiger charge is 2.23. The van der Waals surface area contributed by atoms with E-state index in [1.807, 2.05) is 0 Å². The third kappa shape index (κ3) is 2.46. The van der Waals surface area contributed by atoms with Gasteiger partial charge in [-0.3, -0.25) is 0 Å². The summed E-state index contributed by atoms with van der Waals surface area (Å²) in [5, 5.41) is 4.31. The van der Waals surface area contributed by atoms with E-state index in [2.05, 4.69) is 5.32 Å². The number of nitrogens with two attached hydrogens (primary N) is 1. The van der Waals surface area contributed by atoms with Crippen LogP contribution in [-0.4, -0.2) is 33.4 Å². The fourth-order valence-corrected chi connectivity index (χ4v) is 3.33. The Morgan fingerprint density at radius 1 is 1.21 bits per heavy atom. The molecule has 0 saturated carbocycles. The van der Waals surface area contributed by atoms with E-state index in [0.29, 0.717) is 36.1 Å². The van der Waals surface area contributed by atoms with Crippen molar-refractivity contribution in [2.24, 2.45) is 0 Å². The molecule has 1 atom stereocenters. The molecule has 1 aromatic rings. The molecule has 2 aliphatic rings. The second-order valence-electron chi connectivity index (χ2n) is 4.49. The van der Waals surface area contributed by atoms with Crippen LogP contribution >= 0.6 is 0 Å². The lowest BCUT2D eigenvalue weighted by Gasteiger charge is -2.21. The summed E-state index contributed by atoms with van der Waals surface area (Å²) in [6.07, 6.45) is 1.62. The maximum Gasteiger partial charge on any atom is 0.173 e. The Hall–Kier alpha value is -1.89. The number of hydrogen-bond acceptors (Lipinski definition) is 6.